The van der Waals surface area contributed by atoms with E-state index in [0.717, 1.165) is 23.4 Å². The highest BCUT2D eigenvalue weighted by Gasteiger charge is 2.27. The van der Waals surface area contributed by atoms with E-state index in [0.29, 0.717) is 43.5 Å². The first kappa shape index (κ1) is 23.5. The molecule has 8 nitrogen and oxygen atoms in total. The average molecular weight is 461 g/mol. The van der Waals surface area contributed by atoms with Crippen LogP contribution in [0.25, 0.3) is 0 Å². The largest absolute Gasteiger partial charge is 0.484 e. The first-order valence-corrected chi connectivity index (χ1v) is 11.7. The Bertz CT molecular complexity index is 1110. The van der Waals surface area contributed by atoms with Gasteiger partial charge in [0, 0.05) is 46.0 Å². The number of fused-ring (bicyclic) bond motifs is 1. The van der Waals surface area contributed by atoms with Crippen LogP contribution in [0.1, 0.15) is 34.5 Å². The highest BCUT2D eigenvalue weighted by molar-refractivity contribution is 5.99. The molecule has 0 bridgehead atoms. The topological polar surface area (TPSA) is 82.6 Å². The van der Waals surface area contributed by atoms with Crippen molar-refractivity contribution in [2.45, 2.75) is 19.6 Å². The molecule has 0 saturated heterocycles. The number of hydrogen-bond donors (Lipinski definition) is 2. The number of aromatic nitrogens is 2. The summed E-state index contributed by atoms with van der Waals surface area (Å²) in [5.74, 6) is 1.91. The molecule has 1 unspecified atom stereocenters. The molecule has 1 atom stereocenters. The van der Waals surface area contributed by atoms with E-state index in [9.17, 15) is 4.79 Å². The Morgan fingerprint density at radius 2 is 1.94 bits per heavy atom. The van der Waals surface area contributed by atoms with Crippen molar-refractivity contribution in [2.75, 3.05) is 50.5 Å². The lowest BCUT2D eigenvalue weighted by Gasteiger charge is -2.22. The number of hydrogen-bond acceptors (Lipinski definition) is 7. The number of rotatable bonds is 9. The maximum atomic E-state index is 13.3. The van der Waals surface area contributed by atoms with Crippen LogP contribution >= 0.6 is 0 Å². The van der Waals surface area contributed by atoms with E-state index >= 15 is 0 Å². The predicted molar refractivity (Wildman–Crippen MR) is 134 cm³/mol. The molecule has 1 aromatic heterocycles. The van der Waals surface area contributed by atoms with Crippen LogP contribution in [0.5, 0.6) is 5.75 Å². The molecule has 1 amide bonds. The van der Waals surface area contributed by atoms with Crippen molar-refractivity contribution in [2.24, 2.45) is 0 Å². The maximum Gasteiger partial charge on any atom is 0.259 e. The number of ether oxygens (including phenoxy) is 1. The Labute approximate surface area is 201 Å². The summed E-state index contributed by atoms with van der Waals surface area (Å²) in [6, 6.07) is 18.1. The third-order valence-corrected chi connectivity index (χ3v) is 5.80. The van der Waals surface area contributed by atoms with Gasteiger partial charge >= 0.3 is 0 Å². The molecule has 8 heteroatoms. The summed E-state index contributed by atoms with van der Waals surface area (Å²) in [6.07, 6.45) is 1.52. The average Bonchev–Trinajstić information content (AvgIpc) is 2.97. The zero-order valence-electron chi connectivity index (χ0n) is 20.0. The van der Waals surface area contributed by atoms with Gasteiger partial charge in [-0.2, -0.15) is 4.98 Å². The fourth-order valence-corrected chi connectivity index (χ4v) is 4.04. The fraction of sp³-hybridized carbons (Fsp3) is 0.346. The normalized spacial score (nSPS) is 14.4. The monoisotopic (exact) mass is 460 g/mol. The molecule has 0 aliphatic carbocycles. The quantitative estimate of drug-likeness (QED) is 0.507. The molecule has 2 aromatic carbocycles. The Kier molecular flexibility index (Phi) is 7.59. The lowest BCUT2D eigenvalue weighted by Crippen LogP contribution is -2.33. The molecule has 0 spiro atoms. The SMILES string of the molecule is CCNc1ncc2c(n1)N(C)CCN(Cc1cccc(OC(CNC)c3ccccc3)c1)C2=O. The van der Waals surface area contributed by atoms with Crippen molar-refractivity contribution in [1.82, 2.24) is 20.2 Å². The Morgan fingerprint density at radius 1 is 1.12 bits per heavy atom. The summed E-state index contributed by atoms with van der Waals surface area (Å²) >= 11 is 0. The number of carbonyl (C=O) groups excluding carboxylic acids is 1. The number of anilines is 2. The van der Waals surface area contributed by atoms with Crippen molar-refractivity contribution < 1.29 is 9.53 Å². The Balaban J connectivity index is 1.51. The lowest BCUT2D eigenvalue weighted by atomic mass is 10.1. The molecule has 1 aliphatic rings. The molecule has 0 saturated carbocycles. The van der Waals surface area contributed by atoms with E-state index in [2.05, 4.69) is 32.7 Å². The van der Waals surface area contributed by atoms with Crippen molar-refractivity contribution >= 4 is 17.7 Å². The van der Waals surface area contributed by atoms with Crippen LogP contribution in [-0.2, 0) is 6.54 Å². The molecule has 0 fully saturated rings. The van der Waals surface area contributed by atoms with Gasteiger partial charge < -0.3 is 25.2 Å². The van der Waals surface area contributed by atoms with Gasteiger partial charge in [0.15, 0.2) is 0 Å². The van der Waals surface area contributed by atoms with Crippen LogP contribution in [0.15, 0.2) is 60.8 Å². The minimum Gasteiger partial charge on any atom is -0.484 e. The van der Waals surface area contributed by atoms with Crippen LogP contribution in [0, 0.1) is 0 Å². The van der Waals surface area contributed by atoms with E-state index in [1.807, 2.05) is 73.3 Å². The van der Waals surface area contributed by atoms with Crippen LogP contribution in [-0.4, -0.2) is 61.0 Å². The standard InChI is InChI=1S/C26H32N6O2/c1-4-28-26-29-16-22-24(30-26)31(3)13-14-32(25(22)33)18-19-9-8-12-21(15-19)34-23(17-27-2)20-10-6-5-7-11-20/h5-12,15-16,23,27H,4,13-14,17-18H2,1-3H3,(H,28,29,30). The van der Waals surface area contributed by atoms with Gasteiger partial charge in [-0.15, -0.1) is 0 Å². The van der Waals surface area contributed by atoms with E-state index in [1.165, 1.54) is 0 Å². The molecule has 178 valence electrons. The second kappa shape index (κ2) is 11.0. The highest BCUT2D eigenvalue weighted by Crippen LogP contribution is 2.26. The van der Waals surface area contributed by atoms with Gasteiger partial charge in [0.25, 0.3) is 5.91 Å². The molecule has 2 heterocycles. The summed E-state index contributed by atoms with van der Waals surface area (Å²) in [6.45, 7) is 5.18. The second-order valence-corrected chi connectivity index (χ2v) is 8.33. The van der Waals surface area contributed by atoms with E-state index < -0.39 is 0 Å². The van der Waals surface area contributed by atoms with E-state index in [1.54, 1.807) is 6.20 Å². The van der Waals surface area contributed by atoms with Gasteiger partial charge in [0.1, 0.15) is 23.2 Å². The zero-order chi connectivity index (χ0) is 23.9. The molecule has 3 aromatic rings. The minimum atomic E-state index is -0.107. The highest BCUT2D eigenvalue weighted by atomic mass is 16.5. The van der Waals surface area contributed by atoms with Crippen LogP contribution in [0.4, 0.5) is 11.8 Å². The molecule has 1 aliphatic heterocycles. The minimum absolute atomic E-state index is 0.0638. The molecule has 34 heavy (non-hydrogen) atoms. The van der Waals surface area contributed by atoms with E-state index in [-0.39, 0.29) is 12.0 Å². The van der Waals surface area contributed by atoms with Gasteiger partial charge in [-0.1, -0.05) is 42.5 Å². The second-order valence-electron chi connectivity index (χ2n) is 8.33. The van der Waals surface area contributed by atoms with Crippen molar-refractivity contribution in [3.63, 3.8) is 0 Å². The van der Waals surface area contributed by atoms with Gasteiger partial charge in [0.2, 0.25) is 5.95 Å². The summed E-state index contributed by atoms with van der Waals surface area (Å²) in [4.78, 5) is 26.1. The fourth-order valence-electron chi connectivity index (χ4n) is 4.04. The third-order valence-electron chi connectivity index (χ3n) is 5.80. The number of nitrogens with zero attached hydrogens (tertiary/aromatic N) is 4. The number of nitrogens with one attached hydrogen (secondary N) is 2. The number of amides is 1. The maximum absolute atomic E-state index is 13.3. The molecule has 2 N–H and O–H groups in total. The summed E-state index contributed by atoms with van der Waals surface area (Å²) in [5, 5.41) is 6.32. The van der Waals surface area contributed by atoms with Gasteiger partial charge in [-0.25, -0.2) is 4.98 Å². The number of likely N-dealkylation sites (N-methyl/N-ethyl adjacent to an activating group) is 2. The van der Waals surface area contributed by atoms with Crippen molar-refractivity contribution in [3.8, 4) is 5.75 Å². The first-order chi connectivity index (χ1) is 16.6. The number of benzene rings is 2. The van der Waals surface area contributed by atoms with Crippen LogP contribution in [0.2, 0.25) is 0 Å². The summed E-state index contributed by atoms with van der Waals surface area (Å²) in [7, 11) is 3.87. The predicted octanol–water partition coefficient (Wildman–Crippen LogP) is 3.34. The summed E-state index contributed by atoms with van der Waals surface area (Å²) < 4.78 is 6.33. The van der Waals surface area contributed by atoms with Crippen molar-refractivity contribution in [1.29, 1.82) is 0 Å². The Morgan fingerprint density at radius 3 is 2.71 bits per heavy atom. The molecule has 4 rings (SSSR count). The Hall–Kier alpha value is -3.65. The van der Waals surface area contributed by atoms with Crippen molar-refractivity contribution in [3.05, 3.63) is 77.5 Å². The smallest absolute Gasteiger partial charge is 0.259 e. The summed E-state index contributed by atoms with van der Waals surface area (Å²) in [5.41, 5.74) is 2.65. The zero-order valence-corrected chi connectivity index (χ0v) is 20.0. The van der Waals surface area contributed by atoms with Gasteiger partial charge in [-0.3, -0.25) is 4.79 Å². The first-order valence-electron chi connectivity index (χ1n) is 11.7. The van der Waals surface area contributed by atoms with E-state index in [4.69, 9.17) is 4.74 Å². The molecular weight excluding hydrogens is 428 g/mol. The molecule has 0 radical (unpaired) electrons. The molecular formula is C26H32N6O2. The number of carbonyl (C=O) groups is 1. The third kappa shape index (κ3) is 5.46. The van der Waals surface area contributed by atoms with Crippen LogP contribution in [0.3, 0.4) is 0 Å². The van der Waals surface area contributed by atoms with Crippen LogP contribution < -0.4 is 20.3 Å². The lowest BCUT2D eigenvalue weighted by molar-refractivity contribution is 0.0754. The van der Waals surface area contributed by atoms with Gasteiger partial charge in [0.05, 0.1) is 0 Å². The van der Waals surface area contributed by atoms with Gasteiger partial charge in [-0.05, 0) is 37.2 Å².